The summed E-state index contributed by atoms with van der Waals surface area (Å²) in [6, 6.07) is 0. The highest BCUT2D eigenvalue weighted by atomic mass is 16.3. The summed E-state index contributed by atoms with van der Waals surface area (Å²) in [5, 5.41) is 0. The first-order valence-electron chi connectivity index (χ1n) is 4.32. The highest BCUT2D eigenvalue weighted by Crippen LogP contribution is 2.00. The molecule has 0 aromatic carbocycles. The zero-order valence-electron chi connectivity index (χ0n) is 7.63. The summed E-state index contributed by atoms with van der Waals surface area (Å²) >= 11 is 0. The fourth-order valence-corrected chi connectivity index (χ4v) is 0.704. The highest BCUT2D eigenvalue weighted by Gasteiger charge is 1.93. The number of aryl methyl sites for hydroxylation is 1. The third-order valence-corrected chi connectivity index (χ3v) is 1.23. The Bertz CT molecular complexity index is 147. The molecule has 1 aromatic rings. The monoisotopic (exact) mass is 155 g/mol. The van der Waals surface area contributed by atoms with Crippen LogP contribution in [0.1, 0.15) is 39.5 Å². The molecule has 64 valence electrons. The number of hydrogen-bond donors (Lipinski definition) is 0. The van der Waals surface area contributed by atoms with Crippen LogP contribution in [0, 0.1) is 0 Å². The molecule has 0 atom stereocenters. The molecule has 0 N–H and O–H groups in total. The van der Waals surface area contributed by atoms with Gasteiger partial charge in [0.2, 0.25) is 0 Å². The number of rotatable bonds is 3. The van der Waals surface area contributed by atoms with Crippen molar-refractivity contribution in [3.05, 3.63) is 18.4 Å². The number of oxazole rings is 1. The summed E-state index contributed by atoms with van der Waals surface area (Å²) in [6.07, 6.45) is 6.64. The molecular weight excluding hydrogens is 138 g/mol. The van der Waals surface area contributed by atoms with Gasteiger partial charge in [0.1, 0.15) is 6.26 Å². The van der Waals surface area contributed by atoms with Gasteiger partial charge in [0.15, 0.2) is 5.89 Å². The predicted octanol–water partition coefficient (Wildman–Crippen LogP) is 3.04. The highest BCUT2D eigenvalue weighted by molar-refractivity contribution is 4.78. The van der Waals surface area contributed by atoms with Crippen LogP contribution in [0.25, 0.3) is 0 Å². The van der Waals surface area contributed by atoms with Crippen LogP contribution in [-0.2, 0) is 6.42 Å². The first-order valence-corrected chi connectivity index (χ1v) is 4.32. The molecule has 0 saturated carbocycles. The summed E-state index contributed by atoms with van der Waals surface area (Å²) in [7, 11) is 0. The Labute approximate surface area is 68.6 Å². The SMILES string of the molecule is CC.CCCCc1ncco1. The van der Waals surface area contributed by atoms with Crippen molar-refractivity contribution < 1.29 is 4.42 Å². The first-order chi connectivity index (χ1) is 5.43. The van der Waals surface area contributed by atoms with E-state index >= 15 is 0 Å². The van der Waals surface area contributed by atoms with E-state index in [0.717, 1.165) is 12.3 Å². The van der Waals surface area contributed by atoms with Gasteiger partial charge in [0.05, 0.1) is 6.20 Å². The maximum atomic E-state index is 5.02. The van der Waals surface area contributed by atoms with Gasteiger partial charge in [-0.3, -0.25) is 0 Å². The summed E-state index contributed by atoms with van der Waals surface area (Å²) < 4.78 is 5.02. The van der Waals surface area contributed by atoms with Gasteiger partial charge in [0.25, 0.3) is 0 Å². The van der Waals surface area contributed by atoms with Crippen LogP contribution < -0.4 is 0 Å². The van der Waals surface area contributed by atoms with Crippen molar-refractivity contribution >= 4 is 0 Å². The maximum Gasteiger partial charge on any atom is 0.193 e. The second-order valence-corrected chi connectivity index (χ2v) is 2.03. The Hall–Kier alpha value is -0.790. The molecule has 0 fully saturated rings. The van der Waals surface area contributed by atoms with Gasteiger partial charge in [-0.25, -0.2) is 4.98 Å². The van der Waals surface area contributed by atoms with Crippen molar-refractivity contribution in [2.24, 2.45) is 0 Å². The van der Waals surface area contributed by atoms with E-state index in [9.17, 15) is 0 Å². The van der Waals surface area contributed by atoms with E-state index in [-0.39, 0.29) is 0 Å². The molecule has 1 rings (SSSR count). The average molecular weight is 155 g/mol. The smallest absolute Gasteiger partial charge is 0.193 e. The van der Waals surface area contributed by atoms with Crippen molar-refractivity contribution in [2.75, 3.05) is 0 Å². The summed E-state index contributed by atoms with van der Waals surface area (Å²) in [4.78, 5) is 3.99. The lowest BCUT2D eigenvalue weighted by atomic mass is 10.2. The number of unbranched alkanes of at least 4 members (excludes halogenated alkanes) is 1. The number of hydrogen-bond acceptors (Lipinski definition) is 2. The van der Waals surface area contributed by atoms with Gasteiger partial charge in [-0.15, -0.1) is 0 Å². The lowest BCUT2D eigenvalue weighted by molar-refractivity contribution is 0.486. The third-order valence-electron chi connectivity index (χ3n) is 1.23. The van der Waals surface area contributed by atoms with E-state index in [1.54, 1.807) is 12.5 Å². The molecule has 0 aliphatic heterocycles. The largest absolute Gasteiger partial charge is 0.449 e. The molecular formula is C9H17NO. The van der Waals surface area contributed by atoms with Gasteiger partial charge >= 0.3 is 0 Å². The molecule has 0 aliphatic carbocycles. The molecule has 2 heteroatoms. The topological polar surface area (TPSA) is 26.0 Å². The summed E-state index contributed by atoms with van der Waals surface area (Å²) in [5.74, 6) is 0.858. The average Bonchev–Trinajstić information content (AvgIpc) is 2.57. The third kappa shape index (κ3) is 4.59. The van der Waals surface area contributed by atoms with Gasteiger partial charge < -0.3 is 4.42 Å². The van der Waals surface area contributed by atoms with Crippen molar-refractivity contribution in [1.29, 1.82) is 0 Å². The predicted molar refractivity (Wildman–Crippen MR) is 46.5 cm³/mol. The number of nitrogens with zero attached hydrogens (tertiary/aromatic N) is 1. The first kappa shape index (κ1) is 10.2. The van der Waals surface area contributed by atoms with Crippen LogP contribution in [0.5, 0.6) is 0 Å². The number of aromatic nitrogens is 1. The van der Waals surface area contributed by atoms with Crippen molar-refractivity contribution in [2.45, 2.75) is 40.0 Å². The molecule has 0 unspecified atom stereocenters. The van der Waals surface area contributed by atoms with Gasteiger partial charge in [-0.1, -0.05) is 27.2 Å². The molecule has 11 heavy (non-hydrogen) atoms. The van der Waals surface area contributed by atoms with Crippen LogP contribution in [0.4, 0.5) is 0 Å². The molecule has 0 amide bonds. The van der Waals surface area contributed by atoms with Crippen LogP contribution in [0.2, 0.25) is 0 Å². The normalized spacial score (nSPS) is 8.64. The molecule has 0 spiro atoms. The minimum atomic E-state index is 0.858. The molecule has 0 aliphatic rings. The lowest BCUT2D eigenvalue weighted by Gasteiger charge is -1.88. The van der Waals surface area contributed by atoms with Crippen LogP contribution in [0.3, 0.4) is 0 Å². The maximum absolute atomic E-state index is 5.02. The Morgan fingerprint density at radius 1 is 1.45 bits per heavy atom. The summed E-state index contributed by atoms with van der Waals surface area (Å²) in [5.41, 5.74) is 0. The zero-order chi connectivity index (χ0) is 8.53. The van der Waals surface area contributed by atoms with E-state index in [0.29, 0.717) is 0 Å². The second-order valence-electron chi connectivity index (χ2n) is 2.03. The van der Waals surface area contributed by atoms with E-state index in [1.807, 2.05) is 13.8 Å². The van der Waals surface area contributed by atoms with Crippen LogP contribution in [0.15, 0.2) is 16.9 Å². The van der Waals surface area contributed by atoms with Crippen molar-refractivity contribution in [3.63, 3.8) is 0 Å². The van der Waals surface area contributed by atoms with Crippen molar-refractivity contribution in [1.82, 2.24) is 4.98 Å². The molecule has 1 heterocycles. The standard InChI is InChI=1S/C7H11NO.C2H6/c1-2-3-4-7-8-5-6-9-7;1-2/h5-6H,2-4H2,1H3;1-2H3. The van der Waals surface area contributed by atoms with E-state index < -0.39 is 0 Å². The quantitative estimate of drug-likeness (QED) is 0.670. The minimum absolute atomic E-state index is 0.858. The van der Waals surface area contributed by atoms with Gasteiger partial charge in [-0.05, 0) is 6.42 Å². The Morgan fingerprint density at radius 3 is 2.64 bits per heavy atom. The van der Waals surface area contributed by atoms with Gasteiger partial charge in [0, 0.05) is 6.42 Å². The zero-order valence-corrected chi connectivity index (χ0v) is 7.63. The second kappa shape index (κ2) is 7.32. The molecule has 0 radical (unpaired) electrons. The van der Waals surface area contributed by atoms with Crippen LogP contribution in [-0.4, -0.2) is 4.98 Å². The molecule has 1 aromatic heterocycles. The van der Waals surface area contributed by atoms with E-state index in [1.165, 1.54) is 12.8 Å². The van der Waals surface area contributed by atoms with E-state index in [4.69, 9.17) is 4.42 Å². The fourth-order valence-electron chi connectivity index (χ4n) is 0.704. The van der Waals surface area contributed by atoms with E-state index in [2.05, 4.69) is 11.9 Å². The Balaban J connectivity index is 0.000000461. The lowest BCUT2D eigenvalue weighted by Crippen LogP contribution is -1.81. The molecule has 2 nitrogen and oxygen atoms in total. The Kier molecular flexibility index (Phi) is 6.79. The molecule has 0 bridgehead atoms. The Morgan fingerprint density at radius 2 is 2.18 bits per heavy atom. The minimum Gasteiger partial charge on any atom is -0.449 e. The van der Waals surface area contributed by atoms with Crippen molar-refractivity contribution in [3.8, 4) is 0 Å². The molecule has 0 saturated heterocycles. The fraction of sp³-hybridized carbons (Fsp3) is 0.667. The summed E-state index contributed by atoms with van der Waals surface area (Å²) in [6.45, 7) is 6.16. The van der Waals surface area contributed by atoms with Gasteiger partial charge in [-0.2, -0.15) is 0 Å². The van der Waals surface area contributed by atoms with Crippen LogP contribution >= 0.6 is 0 Å².